The van der Waals surface area contributed by atoms with Crippen LogP contribution in [0.5, 0.6) is 0 Å². The maximum atomic E-state index is 3.69. The van der Waals surface area contributed by atoms with E-state index in [1.54, 1.807) is 0 Å². The molecule has 1 aromatic heterocycles. The molecule has 1 aromatic rings. The van der Waals surface area contributed by atoms with Crippen LogP contribution < -0.4 is 0 Å². The van der Waals surface area contributed by atoms with Gasteiger partial charge >= 0.3 is 0 Å². The van der Waals surface area contributed by atoms with Gasteiger partial charge in [0.1, 0.15) is 0 Å². The van der Waals surface area contributed by atoms with Gasteiger partial charge in [-0.25, -0.2) is 0 Å². The van der Waals surface area contributed by atoms with Gasteiger partial charge in [-0.3, -0.25) is 0 Å². The fourth-order valence-electron chi connectivity index (χ4n) is 0.998. The van der Waals surface area contributed by atoms with Crippen LogP contribution in [0.3, 0.4) is 0 Å². The lowest BCUT2D eigenvalue weighted by atomic mass is 10.3. The first-order valence-corrected chi connectivity index (χ1v) is 3.49. The quantitative estimate of drug-likeness (QED) is 0.548. The molecule has 0 spiro atoms. The van der Waals surface area contributed by atoms with E-state index in [1.165, 1.54) is 11.3 Å². The summed E-state index contributed by atoms with van der Waals surface area (Å²) in [6.45, 7) is 8.85. The van der Waals surface area contributed by atoms with Crippen LogP contribution in [-0.2, 0) is 6.54 Å². The molecule has 0 aromatic carbocycles. The zero-order valence-corrected chi connectivity index (χ0v) is 6.59. The Balaban J connectivity index is 2.93. The molecule has 0 atom stereocenters. The topological polar surface area (TPSA) is 4.93 Å². The van der Waals surface area contributed by atoms with Crippen molar-refractivity contribution in [3.8, 4) is 0 Å². The molecule has 1 heteroatoms. The largest absolute Gasteiger partial charge is 0.348 e. The van der Waals surface area contributed by atoms with Crippen LogP contribution in [0.4, 0.5) is 0 Å². The van der Waals surface area contributed by atoms with Gasteiger partial charge in [0.15, 0.2) is 0 Å². The summed E-state index contributed by atoms with van der Waals surface area (Å²) >= 11 is 0. The van der Waals surface area contributed by atoms with Gasteiger partial charge in [0.2, 0.25) is 0 Å². The monoisotopic (exact) mass is 135 g/mol. The van der Waals surface area contributed by atoms with Crippen molar-refractivity contribution in [3.63, 3.8) is 0 Å². The molecule has 1 heterocycles. The predicted molar refractivity (Wildman–Crippen MR) is 44.1 cm³/mol. The molecule has 0 amide bonds. The Labute approximate surface area is 62.0 Å². The Morgan fingerprint density at radius 1 is 1.60 bits per heavy atom. The van der Waals surface area contributed by atoms with Crippen molar-refractivity contribution in [2.45, 2.75) is 20.4 Å². The number of rotatable bonds is 2. The lowest BCUT2D eigenvalue weighted by Gasteiger charge is -2.00. The SMILES string of the molecule is C=CCn1ccc(C)c1C. The molecule has 0 saturated carbocycles. The maximum absolute atomic E-state index is 3.69. The third-order valence-corrected chi connectivity index (χ3v) is 1.83. The highest BCUT2D eigenvalue weighted by molar-refractivity contribution is 5.19. The Hall–Kier alpha value is -0.980. The van der Waals surface area contributed by atoms with Crippen molar-refractivity contribution in [3.05, 3.63) is 36.2 Å². The summed E-state index contributed by atoms with van der Waals surface area (Å²) in [4.78, 5) is 0. The van der Waals surface area contributed by atoms with E-state index in [9.17, 15) is 0 Å². The van der Waals surface area contributed by atoms with Crippen LogP contribution in [0.1, 0.15) is 11.3 Å². The molecule has 0 unspecified atom stereocenters. The summed E-state index contributed by atoms with van der Waals surface area (Å²) in [5, 5.41) is 0. The van der Waals surface area contributed by atoms with E-state index in [1.807, 2.05) is 6.08 Å². The molecule has 10 heavy (non-hydrogen) atoms. The Morgan fingerprint density at radius 3 is 2.70 bits per heavy atom. The number of hydrogen-bond acceptors (Lipinski definition) is 0. The molecule has 0 aliphatic rings. The van der Waals surface area contributed by atoms with Crippen LogP contribution >= 0.6 is 0 Å². The molecule has 0 saturated heterocycles. The van der Waals surface area contributed by atoms with Crippen LogP contribution in [0, 0.1) is 13.8 Å². The van der Waals surface area contributed by atoms with Gasteiger partial charge in [0.05, 0.1) is 0 Å². The molecule has 54 valence electrons. The Morgan fingerprint density at radius 2 is 2.30 bits per heavy atom. The van der Waals surface area contributed by atoms with Gasteiger partial charge in [-0.1, -0.05) is 6.08 Å². The summed E-state index contributed by atoms with van der Waals surface area (Å²) in [7, 11) is 0. The number of aromatic nitrogens is 1. The number of aryl methyl sites for hydroxylation is 1. The summed E-state index contributed by atoms with van der Waals surface area (Å²) in [5.74, 6) is 0. The summed E-state index contributed by atoms with van der Waals surface area (Å²) in [6.07, 6.45) is 4.00. The Bertz CT molecular complexity index is 233. The molecule has 1 nitrogen and oxygen atoms in total. The van der Waals surface area contributed by atoms with E-state index >= 15 is 0 Å². The van der Waals surface area contributed by atoms with E-state index in [-0.39, 0.29) is 0 Å². The molecule has 0 bridgehead atoms. The predicted octanol–water partition coefficient (Wildman–Crippen LogP) is 2.29. The zero-order chi connectivity index (χ0) is 7.56. The van der Waals surface area contributed by atoms with E-state index in [2.05, 4.69) is 37.3 Å². The van der Waals surface area contributed by atoms with Gasteiger partial charge in [0, 0.05) is 18.4 Å². The van der Waals surface area contributed by atoms with E-state index in [0.717, 1.165) is 6.54 Å². The van der Waals surface area contributed by atoms with Crippen molar-refractivity contribution in [2.75, 3.05) is 0 Å². The fraction of sp³-hybridized carbons (Fsp3) is 0.333. The highest BCUT2D eigenvalue weighted by Crippen LogP contribution is 2.07. The normalized spacial score (nSPS) is 9.80. The van der Waals surface area contributed by atoms with Crippen molar-refractivity contribution < 1.29 is 0 Å². The van der Waals surface area contributed by atoms with E-state index in [0.29, 0.717) is 0 Å². The van der Waals surface area contributed by atoms with Gasteiger partial charge in [-0.05, 0) is 25.5 Å². The van der Waals surface area contributed by atoms with Gasteiger partial charge < -0.3 is 4.57 Å². The lowest BCUT2D eigenvalue weighted by Crippen LogP contribution is -1.95. The first kappa shape index (κ1) is 7.13. The molecular formula is C9H13N. The zero-order valence-electron chi connectivity index (χ0n) is 6.59. The average Bonchev–Trinajstić information content (AvgIpc) is 2.20. The second kappa shape index (κ2) is 2.74. The maximum Gasteiger partial charge on any atom is 0.0400 e. The fourth-order valence-corrected chi connectivity index (χ4v) is 0.998. The summed E-state index contributed by atoms with van der Waals surface area (Å²) in [5.41, 5.74) is 2.68. The smallest absolute Gasteiger partial charge is 0.0400 e. The minimum absolute atomic E-state index is 0.916. The van der Waals surface area contributed by atoms with Gasteiger partial charge in [-0.2, -0.15) is 0 Å². The number of hydrogen-bond donors (Lipinski definition) is 0. The summed E-state index contributed by atoms with van der Waals surface area (Å²) < 4.78 is 2.18. The molecule has 1 rings (SSSR count). The van der Waals surface area contributed by atoms with Crippen molar-refractivity contribution in [1.82, 2.24) is 4.57 Å². The molecule has 0 aliphatic heterocycles. The minimum Gasteiger partial charge on any atom is -0.348 e. The van der Waals surface area contributed by atoms with Crippen LogP contribution in [0.25, 0.3) is 0 Å². The third-order valence-electron chi connectivity index (χ3n) is 1.83. The molecule has 0 N–H and O–H groups in total. The highest BCUT2D eigenvalue weighted by Gasteiger charge is 1.95. The third kappa shape index (κ3) is 1.13. The second-order valence-corrected chi connectivity index (χ2v) is 2.53. The second-order valence-electron chi connectivity index (χ2n) is 2.53. The standard InChI is InChI=1S/C9H13N/c1-4-6-10-7-5-8(2)9(10)3/h4-5,7H,1,6H2,2-3H3. The van der Waals surface area contributed by atoms with Gasteiger partial charge in [-0.15, -0.1) is 6.58 Å². The van der Waals surface area contributed by atoms with Crippen LogP contribution in [-0.4, -0.2) is 4.57 Å². The van der Waals surface area contributed by atoms with Gasteiger partial charge in [0.25, 0.3) is 0 Å². The van der Waals surface area contributed by atoms with E-state index in [4.69, 9.17) is 0 Å². The van der Waals surface area contributed by atoms with Crippen molar-refractivity contribution in [1.29, 1.82) is 0 Å². The molecule has 0 radical (unpaired) electrons. The first-order valence-electron chi connectivity index (χ1n) is 3.49. The first-order chi connectivity index (χ1) is 4.75. The minimum atomic E-state index is 0.916. The number of nitrogens with zero attached hydrogens (tertiary/aromatic N) is 1. The molecule has 0 fully saturated rings. The van der Waals surface area contributed by atoms with Crippen molar-refractivity contribution in [2.24, 2.45) is 0 Å². The van der Waals surface area contributed by atoms with Crippen LogP contribution in [0.15, 0.2) is 24.9 Å². The van der Waals surface area contributed by atoms with Crippen LogP contribution in [0.2, 0.25) is 0 Å². The number of allylic oxidation sites excluding steroid dienone is 1. The van der Waals surface area contributed by atoms with E-state index < -0.39 is 0 Å². The Kier molecular flexibility index (Phi) is 1.95. The summed E-state index contributed by atoms with van der Waals surface area (Å²) in [6, 6.07) is 2.12. The highest BCUT2D eigenvalue weighted by atomic mass is 15.0. The lowest BCUT2D eigenvalue weighted by molar-refractivity contribution is 0.795. The molecular weight excluding hydrogens is 122 g/mol. The average molecular weight is 135 g/mol. The van der Waals surface area contributed by atoms with Crippen molar-refractivity contribution >= 4 is 0 Å². The molecule has 0 aliphatic carbocycles.